The van der Waals surface area contributed by atoms with Gasteiger partial charge in [0.1, 0.15) is 0 Å². The van der Waals surface area contributed by atoms with Crippen LogP contribution in [0.3, 0.4) is 0 Å². The molecule has 2 aliphatic rings. The van der Waals surface area contributed by atoms with E-state index in [1.165, 1.54) is 23.5 Å². The van der Waals surface area contributed by atoms with Crippen molar-refractivity contribution in [3.8, 4) is 0 Å². The summed E-state index contributed by atoms with van der Waals surface area (Å²) in [5, 5.41) is 0. The minimum Gasteiger partial charge on any atom is -0.469 e. The van der Waals surface area contributed by atoms with Crippen molar-refractivity contribution in [1.82, 2.24) is 9.21 Å². The Morgan fingerprint density at radius 3 is 2.38 bits per heavy atom. The lowest BCUT2D eigenvalue weighted by atomic mass is 9.97. The summed E-state index contributed by atoms with van der Waals surface area (Å²) in [6.07, 6.45) is 0.986. The van der Waals surface area contributed by atoms with Crippen LogP contribution in [0.4, 0.5) is 0 Å². The number of carbonyl (C=O) groups is 3. The van der Waals surface area contributed by atoms with E-state index in [1.807, 2.05) is 0 Å². The zero-order valence-electron chi connectivity index (χ0n) is 18.2. The number of benzene rings is 1. The Labute approximate surface area is 187 Å². The van der Waals surface area contributed by atoms with Crippen molar-refractivity contribution in [3.63, 3.8) is 0 Å². The van der Waals surface area contributed by atoms with Crippen molar-refractivity contribution in [1.29, 1.82) is 0 Å². The molecule has 0 radical (unpaired) electrons. The number of hydrogen-bond donors (Lipinski definition) is 0. The first-order valence-corrected chi connectivity index (χ1v) is 11.9. The minimum absolute atomic E-state index is 0.00633. The number of sulfonamides is 1. The van der Waals surface area contributed by atoms with E-state index in [0.717, 1.165) is 0 Å². The van der Waals surface area contributed by atoms with Gasteiger partial charge in [-0.1, -0.05) is 6.07 Å². The van der Waals surface area contributed by atoms with Crippen LogP contribution in [0.1, 0.15) is 28.8 Å². The maximum absolute atomic E-state index is 12.9. The van der Waals surface area contributed by atoms with Gasteiger partial charge in [0.05, 0.1) is 36.7 Å². The Morgan fingerprint density at radius 2 is 1.75 bits per heavy atom. The van der Waals surface area contributed by atoms with Gasteiger partial charge in [0.15, 0.2) is 6.61 Å². The van der Waals surface area contributed by atoms with Crippen LogP contribution >= 0.6 is 0 Å². The fourth-order valence-electron chi connectivity index (χ4n) is 3.75. The van der Waals surface area contributed by atoms with Gasteiger partial charge >= 0.3 is 11.9 Å². The zero-order chi connectivity index (χ0) is 23.3. The zero-order valence-corrected chi connectivity index (χ0v) is 19.1. The largest absolute Gasteiger partial charge is 0.469 e. The number of likely N-dealkylation sites (tertiary alicyclic amines) is 1. The van der Waals surface area contributed by atoms with Crippen LogP contribution in [0.15, 0.2) is 23.1 Å². The molecule has 32 heavy (non-hydrogen) atoms. The first kappa shape index (κ1) is 24.1. The Kier molecular flexibility index (Phi) is 7.86. The number of ether oxygens (including phenoxy) is 3. The normalized spacial score (nSPS) is 18.2. The lowest BCUT2D eigenvalue weighted by molar-refractivity contribution is -0.149. The molecule has 0 atom stereocenters. The van der Waals surface area contributed by atoms with Gasteiger partial charge in [-0.15, -0.1) is 0 Å². The number of hydrogen-bond acceptors (Lipinski definition) is 8. The molecular weight excluding hydrogens is 440 g/mol. The summed E-state index contributed by atoms with van der Waals surface area (Å²) < 4.78 is 42.2. The number of nitrogens with zero attached hydrogens (tertiary/aromatic N) is 2. The Hall–Kier alpha value is -2.50. The van der Waals surface area contributed by atoms with Gasteiger partial charge in [0.25, 0.3) is 5.91 Å². The molecule has 1 aromatic rings. The number of amides is 1. The maximum atomic E-state index is 12.9. The first-order chi connectivity index (χ1) is 15.2. The molecule has 176 valence electrons. The van der Waals surface area contributed by atoms with Gasteiger partial charge in [-0.05, 0) is 37.5 Å². The molecule has 10 nitrogen and oxygen atoms in total. The molecule has 1 aromatic carbocycles. The predicted molar refractivity (Wildman–Crippen MR) is 112 cm³/mol. The average molecular weight is 469 g/mol. The van der Waals surface area contributed by atoms with Gasteiger partial charge in [-0.2, -0.15) is 4.31 Å². The Bertz CT molecular complexity index is 964. The van der Waals surface area contributed by atoms with Crippen LogP contribution in [-0.2, 0) is 33.8 Å². The molecule has 2 saturated heterocycles. The summed E-state index contributed by atoms with van der Waals surface area (Å²) in [5.74, 6) is -1.65. The highest BCUT2D eigenvalue weighted by Gasteiger charge is 2.30. The smallest absolute Gasteiger partial charge is 0.338 e. The molecule has 1 amide bonds. The molecule has 0 bridgehead atoms. The standard InChI is InChI=1S/C21H28N2O8S/c1-15-3-4-17(32(27,28)23-9-11-30-12-10-23)13-18(15)21(26)31-14-19(24)22-7-5-16(6-8-22)20(25)29-2/h3-4,13,16H,5-12,14H2,1-2H3. The van der Waals surface area contributed by atoms with E-state index in [1.54, 1.807) is 17.9 Å². The van der Waals surface area contributed by atoms with E-state index >= 15 is 0 Å². The molecule has 0 aliphatic carbocycles. The summed E-state index contributed by atoms with van der Waals surface area (Å²) >= 11 is 0. The molecule has 0 spiro atoms. The molecule has 0 saturated carbocycles. The van der Waals surface area contributed by atoms with E-state index in [4.69, 9.17) is 14.2 Å². The molecular formula is C21H28N2O8S. The number of piperidine rings is 1. The van der Waals surface area contributed by atoms with Gasteiger partial charge in [0, 0.05) is 26.2 Å². The maximum Gasteiger partial charge on any atom is 0.338 e. The van der Waals surface area contributed by atoms with Crippen molar-refractivity contribution < 1.29 is 37.0 Å². The third kappa shape index (κ3) is 5.45. The first-order valence-electron chi connectivity index (χ1n) is 10.5. The van der Waals surface area contributed by atoms with E-state index in [2.05, 4.69) is 0 Å². The number of rotatable bonds is 6. The predicted octanol–water partition coefficient (Wildman–Crippen LogP) is 0.584. The Balaban J connectivity index is 1.61. The van der Waals surface area contributed by atoms with Gasteiger partial charge in [-0.25, -0.2) is 13.2 Å². The second-order valence-corrected chi connectivity index (χ2v) is 9.69. The molecule has 2 heterocycles. The molecule has 0 aromatic heterocycles. The number of aryl methyl sites for hydroxylation is 1. The highest BCUT2D eigenvalue weighted by atomic mass is 32.2. The van der Waals surface area contributed by atoms with Crippen LogP contribution < -0.4 is 0 Å². The molecule has 3 rings (SSSR count). The van der Waals surface area contributed by atoms with E-state index in [9.17, 15) is 22.8 Å². The average Bonchev–Trinajstić information content (AvgIpc) is 2.82. The molecule has 0 N–H and O–H groups in total. The molecule has 11 heteroatoms. The SMILES string of the molecule is COC(=O)C1CCN(C(=O)COC(=O)c2cc(S(=O)(=O)N3CCOCC3)ccc2C)CC1. The van der Waals surface area contributed by atoms with E-state index in [-0.39, 0.29) is 41.3 Å². The summed E-state index contributed by atoms with van der Waals surface area (Å²) in [5.41, 5.74) is 0.638. The van der Waals surface area contributed by atoms with E-state index < -0.39 is 22.6 Å². The number of esters is 2. The molecule has 0 unspecified atom stereocenters. The third-order valence-corrected chi connectivity index (χ3v) is 7.64. The minimum atomic E-state index is -3.77. The van der Waals surface area contributed by atoms with Crippen molar-refractivity contribution in [3.05, 3.63) is 29.3 Å². The van der Waals surface area contributed by atoms with Gasteiger partial charge in [-0.3, -0.25) is 9.59 Å². The second kappa shape index (κ2) is 10.4. The van der Waals surface area contributed by atoms with Crippen LogP contribution in [0.5, 0.6) is 0 Å². The summed E-state index contributed by atoms with van der Waals surface area (Å²) in [7, 11) is -2.43. The quantitative estimate of drug-likeness (QED) is 0.557. The lowest BCUT2D eigenvalue weighted by Gasteiger charge is -2.30. The fourth-order valence-corrected chi connectivity index (χ4v) is 5.18. The van der Waals surface area contributed by atoms with Crippen LogP contribution in [0.25, 0.3) is 0 Å². The van der Waals surface area contributed by atoms with Gasteiger partial charge in [0.2, 0.25) is 10.0 Å². The Morgan fingerprint density at radius 1 is 1.09 bits per heavy atom. The highest BCUT2D eigenvalue weighted by Crippen LogP contribution is 2.22. The molecule has 2 fully saturated rings. The van der Waals surface area contributed by atoms with Crippen molar-refractivity contribution in [2.24, 2.45) is 5.92 Å². The van der Waals surface area contributed by atoms with E-state index in [0.29, 0.717) is 44.7 Å². The fraction of sp³-hybridized carbons (Fsp3) is 0.571. The lowest BCUT2D eigenvalue weighted by Crippen LogP contribution is -2.42. The van der Waals surface area contributed by atoms with Crippen LogP contribution in [0, 0.1) is 12.8 Å². The monoisotopic (exact) mass is 468 g/mol. The van der Waals surface area contributed by atoms with Crippen molar-refractivity contribution >= 4 is 27.9 Å². The topological polar surface area (TPSA) is 120 Å². The summed E-state index contributed by atoms with van der Waals surface area (Å²) in [4.78, 5) is 38.2. The highest BCUT2D eigenvalue weighted by molar-refractivity contribution is 7.89. The number of carbonyl (C=O) groups excluding carboxylic acids is 3. The van der Waals surface area contributed by atoms with Crippen LogP contribution in [0.2, 0.25) is 0 Å². The van der Waals surface area contributed by atoms with Crippen molar-refractivity contribution in [2.75, 3.05) is 53.1 Å². The van der Waals surface area contributed by atoms with Crippen molar-refractivity contribution in [2.45, 2.75) is 24.7 Å². The summed E-state index contributed by atoms with van der Waals surface area (Å²) in [6.45, 7) is 3.10. The molecule has 2 aliphatic heterocycles. The third-order valence-electron chi connectivity index (χ3n) is 5.75. The summed E-state index contributed by atoms with van der Waals surface area (Å²) in [6, 6.07) is 4.28. The van der Waals surface area contributed by atoms with Crippen LogP contribution in [-0.4, -0.2) is 88.6 Å². The number of morpholine rings is 1. The van der Waals surface area contributed by atoms with Gasteiger partial charge < -0.3 is 19.1 Å². The number of methoxy groups -OCH3 is 1. The second-order valence-electron chi connectivity index (χ2n) is 7.75.